The van der Waals surface area contributed by atoms with Crippen LogP contribution in [0.1, 0.15) is 24.4 Å². The molecule has 2 aliphatic heterocycles. The van der Waals surface area contributed by atoms with E-state index in [0.29, 0.717) is 42.5 Å². The molecule has 10 nitrogen and oxygen atoms in total. The molecule has 0 atom stereocenters. The molecule has 3 aromatic rings. The lowest BCUT2D eigenvalue weighted by Gasteiger charge is -2.29. The van der Waals surface area contributed by atoms with Gasteiger partial charge in [0.2, 0.25) is 5.95 Å². The quantitative estimate of drug-likeness (QED) is 0.512. The van der Waals surface area contributed by atoms with Crippen LogP contribution in [0.2, 0.25) is 5.02 Å². The minimum absolute atomic E-state index is 0.0648. The zero-order valence-electron chi connectivity index (χ0n) is 19.5. The van der Waals surface area contributed by atoms with Gasteiger partial charge in [-0.1, -0.05) is 11.6 Å². The number of hydrogen-bond acceptors (Lipinski definition) is 8. The SMILES string of the molecule is COCc1cc(Nc2ncc(Cl)c(-c3cnn(C4CCNCC4)c3)n2)ccc1N1CCOCC1=O. The van der Waals surface area contributed by atoms with E-state index in [9.17, 15) is 4.79 Å². The molecule has 184 valence electrons. The predicted octanol–water partition coefficient (Wildman–Crippen LogP) is 3.17. The van der Waals surface area contributed by atoms with E-state index in [1.54, 1.807) is 24.4 Å². The molecule has 2 aromatic heterocycles. The number of carbonyl (C=O) groups excluding carboxylic acids is 1. The van der Waals surface area contributed by atoms with Gasteiger partial charge in [0.25, 0.3) is 5.91 Å². The summed E-state index contributed by atoms with van der Waals surface area (Å²) >= 11 is 6.45. The number of ether oxygens (including phenoxy) is 2. The number of anilines is 3. The van der Waals surface area contributed by atoms with Crippen LogP contribution in [0.3, 0.4) is 0 Å². The number of rotatable bonds is 7. The highest BCUT2D eigenvalue weighted by atomic mass is 35.5. The zero-order valence-corrected chi connectivity index (χ0v) is 20.3. The lowest BCUT2D eigenvalue weighted by atomic mass is 10.1. The first-order chi connectivity index (χ1) is 17.1. The molecule has 0 spiro atoms. The van der Waals surface area contributed by atoms with E-state index < -0.39 is 0 Å². The Morgan fingerprint density at radius 3 is 2.94 bits per heavy atom. The second kappa shape index (κ2) is 10.7. The number of carbonyl (C=O) groups is 1. The number of amides is 1. The summed E-state index contributed by atoms with van der Waals surface area (Å²) in [7, 11) is 1.63. The Morgan fingerprint density at radius 1 is 1.29 bits per heavy atom. The van der Waals surface area contributed by atoms with Gasteiger partial charge in [-0.2, -0.15) is 5.10 Å². The molecule has 1 amide bonds. The second-order valence-electron chi connectivity index (χ2n) is 8.58. The molecule has 2 fully saturated rings. The van der Waals surface area contributed by atoms with Crippen LogP contribution in [0, 0.1) is 0 Å². The third-order valence-corrected chi connectivity index (χ3v) is 6.49. The fourth-order valence-corrected chi connectivity index (χ4v) is 4.66. The molecule has 4 heterocycles. The summed E-state index contributed by atoms with van der Waals surface area (Å²) < 4.78 is 12.6. The third kappa shape index (κ3) is 5.30. The highest BCUT2D eigenvalue weighted by Gasteiger charge is 2.23. The molecule has 0 radical (unpaired) electrons. The van der Waals surface area contributed by atoms with Gasteiger partial charge in [0.15, 0.2) is 0 Å². The Labute approximate surface area is 208 Å². The lowest BCUT2D eigenvalue weighted by molar-refractivity contribution is -0.125. The van der Waals surface area contributed by atoms with Crippen molar-refractivity contribution in [2.45, 2.75) is 25.5 Å². The van der Waals surface area contributed by atoms with Crippen molar-refractivity contribution < 1.29 is 14.3 Å². The van der Waals surface area contributed by atoms with Crippen LogP contribution in [0.5, 0.6) is 0 Å². The van der Waals surface area contributed by atoms with Crippen molar-refractivity contribution in [2.24, 2.45) is 0 Å². The number of nitrogens with zero attached hydrogens (tertiary/aromatic N) is 5. The number of halogens is 1. The summed E-state index contributed by atoms with van der Waals surface area (Å²) in [6.07, 6.45) is 7.47. The van der Waals surface area contributed by atoms with E-state index in [2.05, 4.69) is 25.7 Å². The first-order valence-corrected chi connectivity index (χ1v) is 12.0. The monoisotopic (exact) mass is 497 g/mol. The number of morpholine rings is 1. The maximum Gasteiger partial charge on any atom is 0.253 e. The van der Waals surface area contributed by atoms with Gasteiger partial charge in [-0.05, 0) is 44.1 Å². The van der Waals surface area contributed by atoms with Gasteiger partial charge < -0.3 is 25.0 Å². The standard InChI is InChI=1S/C24H28ClN7O3/c1-34-14-16-10-18(2-3-21(16)31-8-9-35-15-22(31)33)29-24-27-12-20(25)23(30-24)17-11-28-32(13-17)19-4-6-26-7-5-19/h2-3,10-13,19,26H,4-9,14-15H2,1H3,(H,27,29,30). The molecule has 5 rings (SSSR count). The molecule has 0 saturated carbocycles. The van der Waals surface area contributed by atoms with E-state index in [0.717, 1.165) is 48.4 Å². The maximum absolute atomic E-state index is 12.3. The van der Waals surface area contributed by atoms with Crippen molar-refractivity contribution in [3.05, 3.63) is 47.4 Å². The van der Waals surface area contributed by atoms with Crippen LogP contribution < -0.4 is 15.5 Å². The van der Waals surface area contributed by atoms with Crippen molar-refractivity contribution >= 4 is 34.8 Å². The predicted molar refractivity (Wildman–Crippen MR) is 133 cm³/mol. The van der Waals surface area contributed by atoms with Crippen molar-refractivity contribution in [3.8, 4) is 11.3 Å². The van der Waals surface area contributed by atoms with Crippen LogP contribution >= 0.6 is 11.6 Å². The summed E-state index contributed by atoms with van der Waals surface area (Å²) in [5.74, 6) is 0.350. The number of aromatic nitrogens is 4. The summed E-state index contributed by atoms with van der Waals surface area (Å²) in [6.45, 7) is 3.45. The smallest absolute Gasteiger partial charge is 0.253 e. The van der Waals surface area contributed by atoms with E-state index >= 15 is 0 Å². The molecule has 0 unspecified atom stereocenters. The first kappa shape index (κ1) is 23.7. The molecule has 2 aliphatic rings. The molecule has 0 aliphatic carbocycles. The largest absolute Gasteiger partial charge is 0.380 e. The third-order valence-electron chi connectivity index (χ3n) is 6.21. The van der Waals surface area contributed by atoms with Crippen LogP contribution in [-0.4, -0.2) is 65.6 Å². The Morgan fingerprint density at radius 2 is 2.14 bits per heavy atom. The molecule has 0 bridgehead atoms. The average molecular weight is 498 g/mol. The van der Waals surface area contributed by atoms with Gasteiger partial charge in [-0.25, -0.2) is 9.97 Å². The van der Waals surface area contributed by atoms with E-state index in [-0.39, 0.29) is 12.5 Å². The molecular formula is C24H28ClN7O3. The van der Waals surface area contributed by atoms with Gasteiger partial charge in [-0.3, -0.25) is 9.48 Å². The van der Waals surface area contributed by atoms with E-state index in [4.69, 9.17) is 21.1 Å². The summed E-state index contributed by atoms with van der Waals surface area (Å²) in [5, 5.41) is 11.6. The topological polar surface area (TPSA) is 106 Å². The number of hydrogen-bond donors (Lipinski definition) is 2. The molecule has 11 heteroatoms. The molecule has 35 heavy (non-hydrogen) atoms. The zero-order chi connectivity index (χ0) is 24.2. The summed E-state index contributed by atoms with van der Waals surface area (Å²) in [6, 6.07) is 6.11. The molecule has 2 N–H and O–H groups in total. The minimum Gasteiger partial charge on any atom is -0.380 e. The van der Waals surface area contributed by atoms with Crippen molar-refractivity contribution in [2.75, 3.05) is 50.2 Å². The van der Waals surface area contributed by atoms with E-state index in [1.165, 1.54) is 0 Å². The van der Waals surface area contributed by atoms with Crippen molar-refractivity contribution in [1.29, 1.82) is 0 Å². The number of nitrogens with one attached hydrogen (secondary N) is 2. The maximum atomic E-state index is 12.3. The Balaban J connectivity index is 1.38. The lowest BCUT2D eigenvalue weighted by Crippen LogP contribution is -2.42. The highest BCUT2D eigenvalue weighted by Crippen LogP contribution is 2.30. The average Bonchev–Trinajstić information content (AvgIpc) is 3.37. The Bertz CT molecular complexity index is 1200. The number of piperidine rings is 1. The van der Waals surface area contributed by atoms with Gasteiger partial charge in [0, 0.05) is 42.4 Å². The summed E-state index contributed by atoms with van der Waals surface area (Å²) in [4.78, 5) is 23.1. The van der Waals surface area contributed by atoms with Crippen molar-refractivity contribution in [3.63, 3.8) is 0 Å². The second-order valence-corrected chi connectivity index (χ2v) is 8.99. The van der Waals surface area contributed by atoms with Gasteiger partial charge in [0.05, 0.1) is 42.4 Å². The number of methoxy groups -OCH3 is 1. The first-order valence-electron chi connectivity index (χ1n) is 11.7. The Hall–Kier alpha value is -3.05. The summed E-state index contributed by atoms with van der Waals surface area (Å²) in [5.41, 5.74) is 3.94. The van der Waals surface area contributed by atoms with Gasteiger partial charge >= 0.3 is 0 Å². The van der Waals surface area contributed by atoms with Gasteiger partial charge in [0.1, 0.15) is 6.61 Å². The number of benzene rings is 1. The minimum atomic E-state index is -0.0648. The van der Waals surface area contributed by atoms with Crippen molar-refractivity contribution in [1.82, 2.24) is 25.1 Å². The van der Waals surface area contributed by atoms with Crippen LogP contribution in [0.25, 0.3) is 11.3 Å². The molecule has 1 aromatic carbocycles. The van der Waals surface area contributed by atoms with Gasteiger partial charge in [-0.15, -0.1) is 0 Å². The van der Waals surface area contributed by atoms with Crippen LogP contribution in [0.15, 0.2) is 36.8 Å². The highest BCUT2D eigenvalue weighted by molar-refractivity contribution is 6.32. The fourth-order valence-electron chi connectivity index (χ4n) is 4.46. The molecule has 2 saturated heterocycles. The normalized spacial score (nSPS) is 17.1. The van der Waals surface area contributed by atoms with E-state index in [1.807, 2.05) is 29.1 Å². The van der Waals surface area contributed by atoms with Crippen LogP contribution in [-0.2, 0) is 20.9 Å². The van der Waals surface area contributed by atoms with Crippen LogP contribution in [0.4, 0.5) is 17.3 Å². The fraction of sp³-hybridized carbons (Fsp3) is 0.417. The molecular weight excluding hydrogens is 470 g/mol. The Kier molecular flexibility index (Phi) is 7.24.